The molecule has 0 fully saturated rings. The zero-order chi connectivity index (χ0) is 6.69. The van der Waals surface area contributed by atoms with Gasteiger partial charge in [0.05, 0.1) is 0 Å². The van der Waals surface area contributed by atoms with Gasteiger partial charge in [0.1, 0.15) is 5.82 Å². The van der Waals surface area contributed by atoms with Gasteiger partial charge < -0.3 is 10.8 Å². The van der Waals surface area contributed by atoms with Crippen molar-refractivity contribution in [2.75, 3.05) is 5.73 Å². The molecule has 1 aromatic heterocycles. The van der Waals surface area contributed by atoms with Crippen LogP contribution < -0.4 is 11.2 Å². The number of anilines is 1. The van der Waals surface area contributed by atoms with E-state index in [-0.39, 0.29) is 0 Å². The maximum Gasteiger partial charge on any atom is 0.328 e. The molecular weight excluding hydrogens is 115 g/mol. The summed E-state index contributed by atoms with van der Waals surface area (Å²) >= 11 is 0. The molecule has 1 rings (SSSR count). The summed E-state index contributed by atoms with van der Waals surface area (Å²) in [6, 6.07) is 3.31. The Bertz CT molecular complexity index is 187. The first-order valence-corrected chi connectivity index (χ1v) is 2.52. The first-order valence-electron chi connectivity index (χ1n) is 2.52. The predicted octanol–water partition coefficient (Wildman–Crippen LogP) is -1.10. The summed E-state index contributed by atoms with van der Waals surface area (Å²) in [7, 11) is 0.979. The van der Waals surface area contributed by atoms with E-state index in [4.69, 9.17) is 10.8 Å². The number of nitrogen functional groups attached to an aromatic ring is 1. The van der Waals surface area contributed by atoms with Crippen molar-refractivity contribution >= 4 is 18.8 Å². The highest BCUT2D eigenvalue weighted by atomic mass is 16.2. The molecule has 0 aliphatic heterocycles. The number of hydrogen-bond donors (Lipinski definition) is 2. The molecule has 0 aliphatic rings. The number of nitrogens with two attached hydrogens (primary N) is 1. The molecule has 3 N–H and O–H groups in total. The lowest BCUT2D eigenvalue weighted by atomic mass is 9.91. The van der Waals surface area contributed by atoms with Gasteiger partial charge in [0.25, 0.3) is 0 Å². The van der Waals surface area contributed by atoms with Crippen LogP contribution in [-0.4, -0.2) is 17.5 Å². The monoisotopic (exact) mass is 121 g/mol. The third kappa shape index (κ3) is 1.43. The Morgan fingerprint density at radius 1 is 1.56 bits per heavy atom. The normalized spacial score (nSPS) is 9.00. The molecule has 1 radical (unpaired) electrons. The molecule has 0 atom stereocenters. The van der Waals surface area contributed by atoms with E-state index < -0.39 is 0 Å². The molecule has 45 valence electrons. The van der Waals surface area contributed by atoms with E-state index >= 15 is 0 Å². The number of pyridine rings is 1. The van der Waals surface area contributed by atoms with Crippen molar-refractivity contribution in [3.05, 3.63) is 18.3 Å². The van der Waals surface area contributed by atoms with Crippen molar-refractivity contribution in [2.45, 2.75) is 0 Å². The highest BCUT2D eigenvalue weighted by Crippen LogP contribution is 1.88. The number of rotatable bonds is 1. The fraction of sp³-hybridized carbons (Fsp3) is 0. The minimum absolute atomic E-state index is 0.459. The second-order valence-electron chi connectivity index (χ2n) is 1.65. The predicted molar refractivity (Wildman–Crippen MR) is 36.3 cm³/mol. The van der Waals surface area contributed by atoms with Crippen LogP contribution in [0.3, 0.4) is 0 Å². The van der Waals surface area contributed by atoms with Crippen molar-refractivity contribution in [3.8, 4) is 0 Å². The third-order valence-electron chi connectivity index (χ3n) is 0.958. The molecule has 0 aromatic carbocycles. The largest absolute Gasteiger partial charge is 0.450 e. The van der Waals surface area contributed by atoms with Gasteiger partial charge in [-0.25, -0.2) is 4.98 Å². The Kier molecular flexibility index (Phi) is 1.70. The Labute approximate surface area is 53.8 Å². The van der Waals surface area contributed by atoms with E-state index in [1.54, 1.807) is 12.1 Å². The molecule has 0 saturated heterocycles. The van der Waals surface area contributed by atoms with Crippen molar-refractivity contribution in [1.29, 1.82) is 0 Å². The molecule has 0 bridgehead atoms. The fourth-order valence-electron chi connectivity index (χ4n) is 0.493. The lowest BCUT2D eigenvalue weighted by Crippen LogP contribution is -2.13. The van der Waals surface area contributed by atoms with Crippen molar-refractivity contribution in [2.24, 2.45) is 0 Å². The first kappa shape index (κ1) is 6.10. The van der Waals surface area contributed by atoms with Crippen LogP contribution in [-0.2, 0) is 0 Å². The number of aromatic nitrogens is 1. The standard InChI is InChI=1S/C5H6BN2O/c7-5-2-1-4(6-9)3-8-5/h1-3,9H,(H2,7,8). The summed E-state index contributed by atoms with van der Waals surface area (Å²) in [6.45, 7) is 0. The fourth-order valence-corrected chi connectivity index (χ4v) is 0.493. The minimum atomic E-state index is 0.459. The molecule has 0 saturated carbocycles. The van der Waals surface area contributed by atoms with Crippen LogP contribution in [0.2, 0.25) is 0 Å². The van der Waals surface area contributed by atoms with Gasteiger partial charge in [-0.1, -0.05) is 6.07 Å². The van der Waals surface area contributed by atoms with Gasteiger partial charge in [0.2, 0.25) is 0 Å². The highest BCUT2D eigenvalue weighted by molar-refractivity contribution is 6.45. The van der Waals surface area contributed by atoms with E-state index in [0.717, 1.165) is 7.48 Å². The summed E-state index contributed by atoms with van der Waals surface area (Å²) in [6.07, 6.45) is 1.50. The SMILES string of the molecule is Nc1ccc([B]O)cn1. The summed E-state index contributed by atoms with van der Waals surface area (Å²) in [5.74, 6) is 0.459. The molecule has 1 heterocycles. The average Bonchev–Trinajstić information content (AvgIpc) is 1.90. The van der Waals surface area contributed by atoms with Gasteiger partial charge in [-0.2, -0.15) is 0 Å². The number of nitrogens with zero attached hydrogens (tertiary/aromatic N) is 1. The lowest BCUT2D eigenvalue weighted by molar-refractivity contribution is 0.615. The van der Waals surface area contributed by atoms with Crippen molar-refractivity contribution < 1.29 is 5.02 Å². The average molecular weight is 121 g/mol. The summed E-state index contributed by atoms with van der Waals surface area (Å²) in [5, 5.41) is 8.42. The van der Waals surface area contributed by atoms with E-state index in [0.29, 0.717) is 11.3 Å². The molecule has 9 heavy (non-hydrogen) atoms. The number of hydrogen-bond acceptors (Lipinski definition) is 3. The first-order chi connectivity index (χ1) is 4.33. The second-order valence-corrected chi connectivity index (χ2v) is 1.65. The van der Waals surface area contributed by atoms with Gasteiger partial charge in [0, 0.05) is 6.20 Å². The van der Waals surface area contributed by atoms with Gasteiger partial charge in [-0.05, 0) is 11.5 Å². The van der Waals surface area contributed by atoms with Crippen LogP contribution in [0.4, 0.5) is 5.82 Å². The van der Waals surface area contributed by atoms with Crippen molar-refractivity contribution in [1.82, 2.24) is 4.98 Å². The van der Waals surface area contributed by atoms with Crippen molar-refractivity contribution in [3.63, 3.8) is 0 Å². The van der Waals surface area contributed by atoms with Crippen LogP contribution in [0.15, 0.2) is 18.3 Å². The molecule has 4 heteroatoms. The zero-order valence-electron chi connectivity index (χ0n) is 4.78. The molecule has 0 spiro atoms. The van der Waals surface area contributed by atoms with Gasteiger partial charge >= 0.3 is 7.48 Å². The second kappa shape index (κ2) is 2.50. The maximum absolute atomic E-state index is 8.42. The van der Waals surface area contributed by atoms with E-state index in [9.17, 15) is 0 Å². The maximum atomic E-state index is 8.42. The van der Waals surface area contributed by atoms with Gasteiger partial charge in [-0.15, -0.1) is 0 Å². The van der Waals surface area contributed by atoms with Crippen LogP contribution in [0.5, 0.6) is 0 Å². The topological polar surface area (TPSA) is 59.1 Å². The van der Waals surface area contributed by atoms with E-state index in [1.807, 2.05) is 0 Å². The summed E-state index contributed by atoms with van der Waals surface area (Å²) in [4.78, 5) is 3.74. The molecule has 0 aliphatic carbocycles. The molecule has 0 amide bonds. The van der Waals surface area contributed by atoms with Crippen LogP contribution in [0.1, 0.15) is 0 Å². The third-order valence-corrected chi connectivity index (χ3v) is 0.958. The highest BCUT2D eigenvalue weighted by Gasteiger charge is 1.90. The smallest absolute Gasteiger partial charge is 0.328 e. The molecule has 3 nitrogen and oxygen atoms in total. The lowest BCUT2D eigenvalue weighted by Gasteiger charge is -1.91. The van der Waals surface area contributed by atoms with E-state index in [2.05, 4.69) is 4.98 Å². The summed E-state index contributed by atoms with van der Waals surface area (Å²) in [5.41, 5.74) is 5.93. The molecule has 1 aromatic rings. The Hall–Kier alpha value is -1.03. The Balaban J connectivity index is 2.88. The molecular formula is C5H6BN2O. The zero-order valence-corrected chi connectivity index (χ0v) is 4.78. The van der Waals surface area contributed by atoms with E-state index in [1.165, 1.54) is 6.20 Å². The Morgan fingerprint density at radius 3 is 2.78 bits per heavy atom. The quantitative estimate of drug-likeness (QED) is 0.463. The summed E-state index contributed by atoms with van der Waals surface area (Å²) < 4.78 is 0. The molecule has 0 unspecified atom stereocenters. The van der Waals surface area contributed by atoms with Crippen LogP contribution in [0, 0.1) is 0 Å². The van der Waals surface area contributed by atoms with Gasteiger partial charge in [-0.3, -0.25) is 0 Å². The minimum Gasteiger partial charge on any atom is -0.450 e. The van der Waals surface area contributed by atoms with Crippen LogP contribution >= 0.6 is 0 Å². The Morgan fingerprint density at radius 2 is 2.33 bits per heavy atom. The van der Waals surface area contributed by atoms with Crippen LogP contribution in [0.25, 0.3) is 0 Å². The van der Waals surface area contributed by atoms with Gasteiger partial charge in [0.15, 0.2) is 0 Å².